The number of fused-ring (bicyclic) bond motifs is 1. The van der Waals surface area contributed by atoms with Gasteiger partial charge in [0.25, 0.3) is 5.56 Å². The van der Waals surface area contributed by atoms with E-state index in [4.69, 9.17) is 25.7 Å². The number of hydrogen-bond donors (Lipinski definition) is 3. The van der Waals surface area contributed by atoms with Crippen molar-refractivity contribution >= 4 is 29.1 Å². The third-order valence-electron chi connectivity index (χ3n) is 4.93. The molecule has 3 rings (SSSR count). The maximum Gasteiger partial charge on any atom is 0.347 e. The maximum absolute atomic E-state index is 14.5. The summed E-state index contributed by atoms with van der Waals surface area (Å²) in [5, 5.41) is 0. The highest BCUT2D eigenvalue weighted by Gasteiger charge is 2.38. The molecule has 12 nitrogen and oxygen atoms in total. The molecule has 170 valence electrons. The molecular formula is C18H25FN6O6. The number of nitrogens with one attached hydrogen (secondary N) is 1. The molecule has 0 saturated carbocycles. The maximum atomic E-state index is 14.5. The fraction of sp³-hybridized carbons (Fsp3) is 0.611. The number of alkyl halides is 1. The minimum Gasteiger partial charge on any atom is -0.460 e. The van der Waals surface area contributed by atoms with Crippen molar-refractivity contribution in [1.82, 2.24) is 19.5 Å². The van der Waals surface area contributed by atoms with Crippen molar-refractivity contribution in [3.63, 3.8) is 0 Å². The first-order chi connectivity index (χ1) is 14.6. The van der Waals surface area contributed by atoms with E-state index in [2.05, 4.69) is 15.0 Å². The molecule has 0 unspecified atom stereocenters. The number of nitrogens with zero attached hydrogens (tertiary/aromatic N) is 3. The number of esters is 2. The van der Waals surface area contributed by atoms with Crippen LogP contribution in [0.4, 0.5) is 10.3 Å². The second kappa shape index (κ2) is 8.98. The highest BCUT2D eigenvalue weighted by atomic mass is 19.1. The Bertz CT molecular complexity index is 1020. The summed E-state index contributed by atoms with van der Waals surface area (Å²) in [6.07, 6.45) is -3.32. The van der Waals surface area contributed by atoms with Gasteiger partial charge in [-0.25, -0.2) is 14.2 Å². The topological polar surface area (TPSA) is 177 Å². The van der Waals surface area contributed by atoms with Crippen LogP contribution in [0, 0.1) is 5.92 Å². The number of nitrogen functional groups attached to an aromatic ring is 1. The number of hydrogen-bond acceptors (Lipinski definition) is 10. The Morgan fingerprint density at radius 1 is 1.39 bits per heavy atom. The Kier molecular flexibility index (Phi) is 6.55. The van der Waals surface area contributed by atoms with Gasteiger partial charge < -0.3 is 25.7 Å². The Morgan fingerprint density at radius 2 is 2.10 bits per heavy atom. The Balaban J connectivity index is 1.59. The molecule has 13 heteroatoms. The highest BCUT2D eigenvalue weighted by Crippen LogP contribution is 2.32. The van der Waals surface area contributed by atoms with Crippen LogP contribution in [-0.4, -0.2) is 62.5 Å². The average molecular weight is 440 g/mol. The predicted octanol–water partition coefficient (Wildman–Crippen LogP) is -0.214. The number of carbonyl (C=O) groups is 2. The van der Waals surface area contributed by atoms with Gasteiger partial charge in [-0.05, 0) is 12.8 Å². The van der Waals surface area contributed by atoms with Gasteiger partial charge >= 0.3 is 11.9 Å². The number of rotatable bonds is 7. The molecule has 0 aromatic carbocycles. The summed E-state index contributed by atoms with van der Waals surface area (Å²) in [6, 6.07) is -0.871. The second-order valence-corrected chi connectivity index (χ2v) is 7.64. The number of carbonyl (C=O) groups excluding carboxylic acids is 2. The number of aromatic nitrogens is 4. The summed E-state index contributed by atoms with van der Waals surface area (Å²) in [5.41, 5.74) is 10.9. The Morgan fingerprint density at radius 3 is 2.77 bits per heavy atom. The lowest BCUT2D eigenvalue weighted by Crippen LogP contribution is -2.40. The molecule has 0 spiro atoms. The first-order valence-corrected chi connectivity index (χ1v) is 9.73. The van der Waals surface area contributed by atoms with Crippen LogP contribution < -0.4 is 17.0 Å². The lowest BCUT2D eigenvalue weighted by molar-refractivity contribution is -0.171. The van der Waals surface area contributed by atoms with E-state index in [1.807, 2.05) is 0 Å². The fourth-order valence-electron chi connectivity index (χ4n) is 3.02. The van der Waals surface area contributed by atoms with Gasteiger partial charge in [0.1, 0.15) is 31.2 Å². The van der Waals surface area contributed by atoms with Crippen molar-refractivity contribution in [1.29, 1.82) is 0 Å². The molecule has 0 radical (unpaired) electrons. The first kappa shape index (κ1) is 22.6. The zero-order chi connectivity index (χ0) is 22.9. The van der Waals surface area contributed by atoms with Crippen molar-refractivity contribution < 1.29 is 28.2 Å². The molecular weight excluding hydrogens is 415 g/mol. The summed E-state index contributed by atoms with van der Waals surface area (Å²) in [5.74, 6) is -1.85. The molecule has 3 heterocycles. The van der Waals surface area contributed by atoms with Gasteiger partial charge in [0.2, 0.25) is 5.95 Å². The van der Waals surface area contributed by atoms with Crippen molar-refractivity contribution in [2.45, 2.75) is 57.8 Å². The number of H-pyrrole nitrogens is 1. The summed E-state index contributed by atoms with van der Waals surface area (Å²) in [4.78, 5) is 46.1. The molecule has 1 aliphatic heterocycles. The van der Waals surface area contributed by atoms with Crippen LogP contribution in [0.3, 0.4) is 0 Å². The van der Waals surface area contributed by atoms with Crippen molar-refractivity contribution in [2.75, 3.05) is 12.3 Å². The molecule has 1 aliphatic rings. The van der Waals surface area contributed by atoms with E-state index in [0.717, 1.165) is 0 Å². The highest BCUT2D eigenvalue weighted by molar-refractivity contribution is 5.81. The molecule has 2 aromatic rings. The minimum atomic E-state index is -1.46. The van der Waals surface area contributed by atoms with Gasteiger partial charge in [-0.2, -0.15) is 4.98 Å². The van der Waals surface area contributed by atoms with Crippen LogP contribution in [0.25, 0.3) is 11.2 Å². The number of anilines is 1. The van der Waals surface area contributed by atoms with Crippen molar-refractivity contribution in [3.8, 4) is 0 Å². The smallest absolute Gasteiger partial charge is 0.347 e. The lowest BCUT2D eigenvalue weighted by atomic mass is 10.1. The van der Waals surface area contributed by atoms with Crippen LogP contribution in [-0.2, 0) is 23.8 Å². The van der Waals surface area contributed by atoms with E-state index < -0.39 is 54.8 Å². The quantitative estimate of drug-likeness (QED) is 0.488. The summed E-state index contributed by atoms with van der Waals surface area (Å²) < 4.78 is 31.6. The van der Waals surface area contributed by atoms with E-state index >= 15 is 0 Å². The Hall–Kier alpha value is -3.06. The molecule has 0 aliphatic carbocycles. The molecule has 1 fully saturated rings. The molecule has 1 saturated heterocycles. The summed E-state index contributed by atoms with van der Waals surface area (Å²) in [6.45, 7) is 4.43. The van der Waals surface area contributed by atoms with Crippen LogP contribution in [0.5, 0.6) is 0 Å². The first-order valence-electron chi connectivity index (χ1n) is 9.73. The number of aromatic amines is 1. The van der Waals surface area contributed by atoms with E-state index in [1.165, 1.54) is 17.8 Å². The normalized spacial score (nSPS) is 23.1. The second-order valence-electron chi connectivity index (χ2n) is 7.64. The monoisotopic (exact) mass is 440 g/mol. The summed E-state index contributed by atoms with van der Waals surface area (Å²) in [7, 11) is 0. The lowest BCUT2D eigenvalue weighted by Gasteiger charge is -2.19. The van der Waals surface area contributed by atoms with E-state index in [-0.39, 0.29) is 29.5 Å². The number of ether oxygens (including phenoxy) is 3. The average Bonchev–Trinajstić information content (AvgIpc) is 3.28. The van der Waals surface area contributed by atoms with Crippen molar-refractivity contribution in [2.24, 2.45) is 11.7 Å². The van der Waals surface area contributed by atoms with E-state index in [9.17, 15) is 18.8 Å². The minimum absolute atomic E-state index is 0.0401. The molecule has 5 N–H and O–H groups in total. The van der Waals surface area contributed by atoms with Crippen LogP contribution in [0.1, 0.15) is 33.4 Å². The van der Waals surface area contributed by atoms with Crippen molar-refractivity contribution in [3.05, 3.63) is 16.7 Å². The van der Waals surface area contributed by atoms with Gasteiger partial charge in [0.15, 0.2) is 17.3 Å². The molecule has 0 bridgehead atoms. The van der Waals surface area contributed by atoms with Gasteiger partial charge in [-0.15, -0.1) is 0 Å². The predicted molar refractivity (Wildman–Crippen MR) is 105 cm³/mol. The van der Waals surface area contributed by atoms with Gasteiger partial charge in [-0.3, -0.25) is 19.1 Å². The molecule has 2 aromatic heterocycles. The number of nitrogens with two attached hydrogens (primary N) is 2. The van der Waals surface area contributed by atoms with Gasteiger partial charge in [0, 0.05) is 6.42 Å². The molecule has 31 heavy (non-hydrogen) atoms. The third-order valence-corrected chi connectivity index (χ3v) is 4.93. The SMILES string of the molecule is CC(C)[C@@H](N)C(=O)O[C@H](C)C(=O)OC[C@@H]1O[C@H](n2cnc3c(=O)[nH]c(N)nc32)C[C@H]1F. The Labute approximate surface area is 176 Å². The third kappa shape index (κ3) is 4.82. The largest absolute Gasteiger partial charge is 0.460 e. The van der Waals surface area contributed by atoms with Crippen LogP contribution in [0.2, 0.25) is 0 Å². The molecule has 0 amide bonds. The summed E-state index contributed by atoms with van der Waals surface area (Å²) >= 11 is 0. The molecule has 5 atom stereocenters. The van der Waals surface area contributed by atoms with Gasteiger partial charge in [0.05, 0.1) is 6.33 Å². The van der Waals surface area contributed by atoms with Crippen LogP contribution in [0.15, 0.2) is 11.1 Å². The zero-order valence-corrected chi connectivity index (χ0v) is 17.3. The standard InChI is InChI=1S/C18H25FN6O6/c1-7(2)12(20)17(28)30-8(3)16(27)29-5-10-9(19)4-11(31-10)25-6-22-13-14(25)23-18(21)24-15(13)26/h6-12H,4-5,20H2,1-3H3,(H3,21,23,24,26)/t8-,9-,10+,11+,12-/m1/s1. The number of halogens is 1. The zero-order valence-electron chi connectivity index (χ0n) is 17.3. The van der Waals surface area contributed by atoms with E-state index in [0.29, 0.717) is 0 Å². The fourth-order valence-corrected chi connectivity index (χ4v) is 3.02. The van der Waals surface area contributed by atoms with E-state index in [1.54, 1.807) is 13.8 Å². The van der Waals surface area contributed by atoms with Gasteiger partial charge in [-0.1, -0.05) is 13.8 Å². The van der Waals surface area contributed by atoms with Crippen LogP contribution >= 0.6 is 0 Å². The number of imidazole rings is 1.